The van der Waals surface area contributed by atoms with E-state index in [0.29, 0.717) is 18.6 Å². The van der Waals surface area contributed by atoms with E-state index in [1.807, 2.05) is 26.1 Å². The first-order valence-electron chi connectivity index (χ1n) is 11.7. The Morgan fingerprint density at radius 1 is 1.12 bits per heavy atom. The Bertz CT molecular complexity index is 704. The lowest BCUT2D eigenvalue weighted by Gasteiger charge is -2.42. The van der Waals surface area contributed by atoms with Crippen LogP contribution in [0.3, 0.4) is 0 Å². The van der Waals surface area contributed by atoms with Crippen LogP contribution in [0, 0.1) is 5.41 Å². The fourth-order valence-corrected chi connectivity index (χ4v) is 4.70. The van der Waals surface area contributed by atoms with E-state index in [2.05, 4.69) is 26.6 Å². The number of halogens is 1. The highest BCUT2D eigenvalue weighted by Crippen LogP contribution is 2.36. The number of morpholine rings is 1. The lowest BCUT2D eigenvalue weighted by molar-refractivity contribution is 0.00820. The second-order valence-corrected chi connectivity index (χ2v) is 8.65. The van der Waals surface area contributed by atoms with E-state index in [4.69, 9.17) is 14.2 Å². The Labute approximate surface area is 210 Å². The van der Waals surface area contributed by atoms with E-state index in [1.54, 1.807) is 7.11 Å². The number of ether oxygens (including phenoxy) is 3. The molecule has 0 amide bonds. The quantitative estimate of drug-likeness (QED) is 0.273. The third-order valence-corrected chi connectivity index (χ3v) is 6.42. The average Bonchev–Trinajstić information content (AvgIpc) is 2.81. The molecule has 8 heteroatoms. The molecule has 1 saturated heterocycles. The van der Waals surface area contributed by atoms with Crippen molar-refractivity contribution in [2.45, 2.75) is 45.6 Å². The van der Waals surface area contributed by atoms with Crippen molar-refractivity contribution in [1.82, 2.24) is 15.5 Å². The van der Waals surface area contributed by atoms with Gasteiger partial charge in [0.2, 0.25) is 0 Å². The number of nitrogens with zero attached hydrogens (tertiary/aromatic N) is 2. The van der Waals surface area contributed by atoms with E-state index in [1.165, 1.54) is 32.1 Å². The second-order valence-electron chi connectivity index (χ2n) is 8.65. The van der Waals surface area contributed by atoms with Crippen molar-refractivity contribution >= 4 is 29.9 Å². The first-order valence-corrected chi connectivity index (χ1v) is 11.7. The standard InChI is InChI=1S/C24H40N4O3.HI/c1-4-31-22-16-20(8-9-21(22)29-3)17-26-23(25-2)27-18-24(10-6-5-7-11-24)19-28-12-14-30-15-13-28;/h8-9,16H,4-7,10-15,17-19H2,1-3H3,(H2,25,26,27);1H. The molecular weight excluding hydrogens is 519 g/mol. The molecule has 0 radical (unpaired) electrons. The first-order chi connectivity index (χ1) is 15.2. The Morgan fingerprint density at radius 3 is 2.53 bits per heavy atom. The van der Waals surface area contributed by atoms with E-state index in [9.17, 15) is 0 Å². The number of hydrogen-bond acceptors (Lipinski definition) is 5. The van der Waals surface area contributed by atoms with Gasteiger partial charge in [-0.3, -0.25) is 9.89 Å². The van der Waals surface area contributed by atoms with Gasteiger partial charge in [-0.25, -0.2) is 0 Å². The summed E-state index contributed by atoms with van der Waals surface area (Å²) in [6.07, 6.45) is 6.57. The van der Waals surface area contributed by atoms with E-state index in [-0.39, 0.29) is 24.0 Å². The summed E-state index contributed by atoms with van der Waals surface area (Å²) in [5.74, 6) is 2.38. The number of hydrogen-bond donors (Lipinski definition) is 2. The lowest BCUT2D eigenvalue weighted by Crippen LogP contribution is -2.51. The van der Waals surface area contributed by atoms with Crippen LogP contribution in [0.25, 0.3) is 0 Å². The van der Waals surface area contributed by atoms with Gasteiger partial charge in [0.05, 0.1) is 26.9 Å². The Kier molecular flexibility index (Phi) is 11.9. The molecule has 0 bridgehead atoms. The van der Waals surface area contributed by atoms with Gasteiger partial charge < -0.3 is 24.8 Å². The molecule has 0 atom stereocenters. The van der Waals surface area contributed by atoms with Gasteiger partial charge in [0.1, 0.15) is 0 Å². The van der Waals surface area contributed by atoms with Crippen molar-refractivity contribution in [3.63, 3.8) is 0 Å². The van der Waals surface area contributed by atoms with Crippen molar-refractivity contribution in [1.29, 1.82) is 0 Å². The topological polar surface area (TPSA) is 67.4 Å². The maximum Gasteiger partial charge on any atom is 0.191 e. The number of aliphatic imine (C=N–C) groups is 1. The highest BCUT2D eigenvalue weighted by molar-refractivity contribution is 14.0. The first kappa shape index (κ1) is 27.0. The van der Waals surface area contributed by atoms with Gasteiger partial charge in [-0.2, -0.15) is 0 Å². The molecule has 1 aromatic rings. The van der Waals surface area contributed by atoms with Crippen molar-refractivity contribution in [3.8, 4) is 11.5 Å². The fourth-order valence-electron chi connectivity index (χ4n) is 4.70. The zero-order valence-electron chi connectivity index (χ0n) is 20.0. The molecule has 1 saturated carbocycles. The third-order valence-electron chi connectivity index (χ3n) is 6.42. The van der Waals surface area contributed by atoms with Crippen molar-refractivity contribution < 1.29 is 14.2 Å². The van der Waals surface area contributed by atoms with Crippen molar-refractivity contribution in [2.24, 2.45) is 10.4 Å². The van der Waals surface area contributed by atoms with Crippen LogP contribution in [0.4, 0.5) is 0 Å². The van der Waals surface area contributed by atoms with E-state index >= 15 is 0 Å². The molecule has 2 aliphatic rings. The van der Waals surface area contributed by atoms with Gasteiger partial charge in [-0.05, 0) is 37.5 Å². The number of rotatable bonds is 9. The minimum atomic E-state index is 0. The molecule has 32 heavy (non-hydrogen) atoms. The second kappa shape index (κ2) is 14.1. The molecule has 1 heterocycles. The van der Waals surface area contributed by atoms with Gasteiger partial charge in [-0.15, -0.1) is 24.0 Å². The summed E-state index contributed by atoms with van der Waals surface area (Å²) in [6, 6.07) is 6.05. The highest BCUT2D eigenvalue weighted by Gasteiger charge is 2.34. The highest BCUT2D eigenvalue weighted by atomic mass is 127. The molecule has 2 N–H and O–H groups in total. The fraction of sp³-hybridized carbons (Fsp3) is 0.708. The molecule has 0 spiro atoms. The van der Waals surface area contributed by atoms with Crippen LogP contribution < -0.4 is 20.1 Å². The predicted molar refractivity (Wildman–Crippen MR) is 141 cm³/mol. The summed E-state index contributed by atoms with van der Waals surface area (Å²) < 4.78 is 16.6. The van der Waals surface area contributed by atoms with Crippen LogP contribution >= 0.6 is 24.0 Å². The van der Waals surface area contributed by atoms with Crippen LogP contribution in [-0.4, -0.2) is 71.0 Å². The monoisotopic (exact) mass is 560 g/mol. The number of guanidine groups is 1. The molecule has 1 aromatic carbocycles. The zero-order valence-corrected chi connectivity index (χ0v) is 22.3. The predicted octanol–water partition coefficient (Wildman–Crippen LogP) is 3.66. The van der Waals surface area contributed by atoms with E-state index < -0.39 is 0 Å². The lowest BCUT2D eigenvalue weighted by atomic mass is 9.73. The normalized spacial score (nSPS) is 19.0. The molecule has 2 fully saturated rings. The summed E-state index contributed by atoms with van der Waals surface area (Å²) >= 11 is 0. The van der Waals surface area contributed by atoms with Crippen LogP contribution in [0.2, 0.25) is 0 Å². The summed E-state index contributed by atoms with van der Waals surface area (Å²) in [5.41, 5.74) is 1.45. The van der Waals surface area contributed by atoms with Crippen LogP contribution in [-0.2, 0) is 11.3 Å². The van der Waals surface area contributed by atoms with Crippen LogP contribution in [0.15, 0.2) is 23.2 Å². The minimum absolute atomic E-state index is 0. The smallest absolute Gasteiger partial charge is 0.191 e. The molecule has 182 valence electrons. The summed E-state index contributed by atoms with van der Waals surface area (Å²) in [5, 5.41) is 7.09. The minimum Gasteiger partial charge on any atom is -0.493 e. The van der Waals surface area contributed by atoms with Gasteiger partial charge in [-0.1, -0.05) is 25.3 Å². The van der Waals surface area contributed by atoms with Gasteiger partial charge in [0.25, 0.3) is 0 Å². The third kappa shape index (κ3) is 7.95. The molecule has 7 nitrogen and oxygen atoms in total. The number of benzene rings is 1. The molecule has 3 rings (SSSR count). The zero-order chi connectivity index (χ0) is 21.9. The molecular formula is C24H41IN4O3. The van der Waals surface area contributed by atoms with Gasteiger partial charge in [0.15, 0.2) is 17.5 Å². The molecule has 0 unspecified atom stereocenters. The SMILES string of the molecule is CCOc1cc(CNC(=NC)NCC2(CN3CCOCC3)CCCCC2)ccc1OC.I. The summed E-state index contributed by atoms with van der Waals surface area (Å²) in [7, 11) is 3.50. The van der Waals surface area contributed by atoms with Crippen LogP contribution in [0.1, 0.15) is 44.6 Å². The maximum atomic E-state index is 5.70. The Hall–Kier alpha value is -1.26. The van der Waals surface area contributed by atoms with Gasteiger partial charge in [0, 0.05) is 45.2 Å². The number of methoxy groups -OCH3 is 1. The van der Waals surface area contributed by atoms with Crippen molar-refractivity contribution in [2.75, 3.05) is 60.2 Å². The summed E-state index contributed by atoms with van der Waals surface area (Å²) in [4.78, 5) is 7.05. The Balaban J connectivity index is 0.00000363. The summed E-state index contributed by atoms with van der Waals surface area (Å²) in [6.45, 7) is 9.20. The number of nitrogens with one attached hydrogen (secondary N) is 2. The molecule has 1 aliphatic heterocycles. The van der Waals surface area contributed by atoms with E-state index in [0.717, 1.165) is 62.4 Å². The van der Waals surface area contributed by atoms with Crippen LogP contribution in [0.5, 0.6) is 11.5 Å². The average molecular weight is 561 g/mol. The maximum absolute atomic E-state index is 5.70. The molecule has 1 aliphatic carbocycles. The Morgan fingerprint density at radius 2 is 1.88 bits per heavy atom. The largest absolute Gasteiger partial charge is 0.493 e. The van der Waals surface area contributed by atoms with Crippen molar-refractivity contribution in [3.05, 3.63) is 23.8 Å². The molecule has 0 aromatic heterocycles. The van der Waals surface area contributed by atoms with Gasteiger partial charge >= 0.3 is 0 Å².